The molecule has 1 spiro atoms. The van der Waals surface area contributed by atoms with Crippen molar-refractivity contribution in [1.29, 1.82) is 0 Å². The van der Waals surface area contributed by atoms with Crippen LogP contribution in [0, 0.1) is 0 Å². The second kappa shape index (κ2) is 5.89. The Kier molecular flexibility index (Phi) is 3.69. The summed E-state index contributed by atoms with van der Waals surface area (Å²) in [6.07, 6.45) is 0.502. The van der Waals surface area contributed by atoms with E-state index in [2.05, 4.69) is 15.6 Å². The Labute approximate surface area is 150 Å². The summed E-state index contributed by atoms with van der Waals surface area (Å²) in [6.45, 7) is 0. The van der Waals surface area contributed by atoms with Crippen molar-refractivity contribution in [1.82, 2.24) is 10.6 Å². The molecule has 2 aliphatic heterocycles. The summed E-state index contributed by atoms with van der Waals surface area (Å²) in [5.74, 6) is -1.32. The largest absolute Gasteiger partial charge is 0.300 e. The number of nitrogens with zero attached hydrogens (tertiary/aromatic N) is 1. The summed E-state index contributed by atoms with van der Waals surface area (Å²) < 4.78 is 0. The van der Waals surface area contributed by atoms with E-state index in [1.807, 2.05) is 60.7 Å². The highest BCUT2D eigenvalue weighted by molar-refractivity contribution is 7.80. The molecule has 5 nitrogen and oxygen atoms in total. The average Bonchev–Trinajstić information content (AvgIpc) is 3.03. The molecular weight excluding hydrogens is 334 g/mol. The van der Waals surface area contributed by atoms with E-state index < -0.39 is 17.4 Å². The molecule has 2 aromatic carbocycles. The van der Waals surface area contributed by atoms with Crippen molar-refractivity contribution in [2.75, 3.05) is 0 Å². The van der Waals surface area contributed by atoms with Gasteiger partial charge in [-0.25, -0.2) is 0 Å². The summed E-state index contributed by atoms with van der Waals surface area (Å²) >= 11 is 4.94. The van der Waals surface area contributed by atoms with Gasteiger partial charge in [0.05, 0.1) is 0 Å². The number of amides is 2. The molecule has 0 radical (unpaired) electrons. The SMILES string of the molecule is O=C1NC(=S)NC(=O)C12N=C(c1ccccc1)CC2c1ccccc1. The number of hydrogen-bond donors (Lipinski definition) is 2. The van der Waals surface area contributed by atoms with Crippen LogP contribution in [0.25, 0.3) is 0 Å². The van der Waals surface area contributed by atoms with Crippen LogP contribution in [0.5, 0.6) is 0 Å². The van der Waals surface area contributed by atoms with E-state index in [4.69, 9.17) is 12.2 Å². The molecule has 2 aliphatic rings. The van der Waals surface area contributed by atoms with Crippen molar-refractivity contribution >= 4 is 34.9 Å². The summed E-state index contributed by atoms with van der Waals surface area (Å²) in [6, 6.07) is 19.1. The highest BCUT2D eigenvalue weighted by atomic mass is 32.1. The number of rotatable bonds is 2. The van der Waals surface area contributed by atoms with E-state index in [0.29, 0.717) is 6.42 Å². The van der Waals surface area contributed by atoms with Crippen molar-refractivity contribution < 1.29 is 9.59 Å². The van der Waals surface area contributed by atoms with Gasteiger partial charge in [-0.15, -0.1) is 0 Å². The molecule has 0 aromatic heterocycles. The number of carbonyl (C=O) groups excluding carboxylic acids is 2. The molecule has 2 N–H and O–H groups in total. The van der Waals surface area contributed by atoms with Crippen molar-refractivity contribution in [3.8, 4) is 0 Å². The third-order valence-electron chi connectivity index (χ3n) is 4.67. The van der Waals surface area contributed by atoms with E-state index >= 15 is 0 Å². The molecule has 1 fully saturated rings. The molecule has 25 heavy (non-hydrogen) atoms. The number of carbonyl (C=O) groups is 2. The van der Waals surface area contributed by atoms with E-state index in [9.17, 15) is 9.59 Å². The van der Waals surface area contributed by atoms with Gasteiger partial charge in [0.2, 0.25) is 5.54 Å². The first-order valence-electron chi connectivity index (χ1n) is 7.97. The first-order valence-corrected chi connectivity index (χ1v) is 8.38. The maximum Gasteiger partial charge on any atom is 0.264 e. The predicted molar refractivity (Wildman–Crippen MR) is 98.4 cm³/mol. The average molecular weight is 349 g/mol. The van der Waals surface area contributed by atoms with Crippen molar-refractivity contribution in [3.63, 3.8) is 0 Å². The van der Waals surface area contributed by atoms with Gasteiger partial charge in [0.25, 0.3) is 11.8 Å². The van der Waals surface area contributed by atoms with Gasteiger partial charge in [-0.1, -0.05) is 60.7 Å². The van der Waals surface area contributed by atoms with Gasteiger partial charge in [0, 0.05) is 18.1 Å². The smallest absolute Gasteiger partial charge is 0.264 e. The Morgan fingerprint density at radius 2 is 1.48 bits per heavy atom. The lowest BCUT2D eigenvalue weighted by molar-refractivity contribution is -0.137. The van der Waals surface area contributed by atoms with Crippen LogP contribution in [0.4, 0.5) is 0 Å². The third kappa shape index (κ3) is 2.46. The maximum absolute atomic E-state index is 12.8. The Morgan fingerprint density at radius 3 is 2.08 bits per heavy atom. The normalized spacial score (nSPS) is 21.7. The Bertz CT molecular complexity index is 873. The van der Waals surface area contributed by atoms with Gasteiger partial charge in [0.1, 0.15) is 0 Å². The summed E-state index contributed by atoms with van der Waals surface area (Å²) in [7, 11) is 0. The predicted octanol–water partition coefficient (Wildman–Crippen LogP) is 1.93. The molecule has 0 aliphatic carbocycles. The minimum absolute atomic E-state index is 0.0239. The van der Waals surface area contributed by atoms with Crippen LogP contribution in [0.2, 0.25) is 0 Å². The van der Waals surface area contributed by atoms with Gasteiger partial charge in [0.15, 0.2) is 5.11 Å². The van der Waals surface area contributed by atoms with Gasteiger partial charge in [-0.05, 0) is 23.3 Å². The molecule has 2 amide bonds. The molecule has 6 heteroatoms. The van der Waals surface area contributed by atoms with Gasteiger partial charge in [-0.2, -0.15) is 0 Å². The number of aliphatic imine (C=N–C) groups is 1. The van der Waals surface area contributed by atoms with Crippen LogP contribution in [-0.2, 0) is 9.59 Å². The lowest BCUT2D eigenvalue weighted by Gasteiger charge is -2.34. The first kappa shape index (κ1) is 15.7. The van der Waals surface area contributed by atoms with Gasteiger partial charge >= 0.3 is 0 Å². The van der Waals surface area contributed by atoms with Crippen LogP contribution in [0.1, 0.15) is 23.5 Å². The van der Waals surface area contributed by atoms with Crippen LogP contribution in [0.3, 0.4) is 0 Å². The zero-order chi connectivity index (χ0) is 17.4. The Hall–Kier alpha value is -2.86. The molecule has 0 saturated carbocycles. The van der Waals surface area contributed by atoms with Crippen molar-refractivity contribution in [2.45, 2.75) is 17.9 Å². The number of nitrogens with one attached hydrogen (secondary N) is 2. The quantitative estimate of drug-likeness (QED) is 0.643. The van der Waals surface area contributed by atoms with E-state index in [0.717, 1.165) is 16.8 Å². The highest BCUT2D eigenvalue weighted by Gasteiger charge is 2.58. The van der Waals surface area contributed by atoms with Crippen LogP contribution in [0.15, 0.2) is 65.7 Å². The monoisotopic (exact) mass is 349 g/mol. The van der Waals surface area contributed by atoms with E-state index in [1.165, 1.54) is 0 Å². The van der Waals surface area contributed by atoms with E-state index in [1.54, 1.807) is 0 Å². The molecule has 0 bridgehead atoms. The summed E-state index contributed by atoms with van der Waals surface area (Å²) in [4.78, 5) is 30.3. The minimum atomic E-state index is -1.53. The molecule has 1 atom stereocenters. The summed E-state index contributed by atoms with van der Waals surface area (Å²) in [5, 5.41) is 5.16. The molecule has 4 rings (SSSR count). The zero-order valence-corrected chi connectivity index (χ0v) is 14.0. The number of thiocarbonyl (C=S) groups is 1. The fourth-order valence-electron chi connectivity index (χ4n) is 3.48. The number of benzene rings is 2. The van der Waals surface area contributed by atoms with Crippen molar-refractivity contribution in [3.05, 3.63) is 71.8 Å². The minimum Gasteiger partial charge on any atom is -0.300 e. The molecular formula is C19H15N3O2S. The summed E-state index contributed by atoms with van der Waals surface area (Å²) in [5.41, 5.74) is 1.02. The highest BCUT2D eigenvalue weighted by Crippen LogP contribution is 2.43. The third-order valence-corrected chi connectivity index (χ3v) is 4.87. The standard InChI is InChI=1S/C19H15N3O2S/c23-16-19(17(24)21-18(25)20-16)14(12-7-3-1-4-8-12)11-15(22-19)13-9-5-2-6-10-13/h1-10,14H,11H2,(H2,20,21,23,24,25). The Balaban J connectivity index is 1.86. The fourth-order valence-corrected chi connectivity index (χ4v) is 3.67. The zero-order valence-electron chi connectivity index (χ0n) is 13.2. The van der Waals surface area contributed by atoms with Crippen molar-refractivity contribution in [2.24, 2.45) is 4.99 Å². The van der Waals surface area contributed by atoms with Gasteiger partial charge in [-0.3, -0.25) is 14.6 Å². The van der Waals surface area contributed by atoms with Gasteiger partial charge < -0.3 is 10.6 Å². The van der Waals surface area contributed by atoms with Crippen LogP contribution in [-0.4, -0.2) is 28.2 Å². The van der Waals surface area contributed by atoms with Crippen LogP contribution < -0.4 is 10.6 Å². The fraction of sp³-hybridized carbons (Fsp3) is 0.158. The lowest BCUT2D eigenvalue weighted by atomic mass is 9.77. The Morgan fingerprint density at radius 1 is 0.920 bits per heavy atom. The maximum atomic E-state index is 12.8. The number of hydrogen-bond acceptors (Lipinski definition) is 4. The molecule has 124 valence electrons. The molecule has 1 unspecified atom stereocenters. The van der Waals surface area contributed by atoms with Crippen LogP contribution >= 0.6 is 12.2 Å². The molecule has 2 heterocycles. The van der Waals surface area contributed by atoms with E-state index in [-0.39, 0.29) is 11.0 Å². The molecule has 2 aromatic rings. The molecule has 1 saturated heterocycles. The second-order valence-electron chi connectivity index (χ2n) is 6.10. The first-order chi connectivity index (χ1) is 12.1. The lowest BCUT2D eigenvalue weighted by Crippen LogP contribution is -2.66. The topological polar surface area (TPSA) is 70.6 Å². The second-order valence-corrected chi connectivity index (χ2v) is 6.50.